The summed E-state index contributed by atoms with van der Waals surface area (Å²) in [6.45, 7) is 10.7. The van der Waals surface area contributed by atoms with Crippen LogP contribution < -0.4 is 4.90 Å². The molecule has 0 radical (unpaired) electrons. The molecule has 4 rings (SSSR count). The van der Waals surface area contributed by atoms with Gasteiger partial charge in [0.15, 0.2) is 0 Å². The Morgan fingerprint density at radius 3 is 2.33 bits per heavy atom. The Bertz CT molecular complexity index is 930. The molecule has 0 amide bonds. The Hall–Kier alpha value is -2.87. The highest BCUT2D eigenvalue weighted by Gasteiger charge is 2.25. The van der Waals surface area contributed by atoms with Gasteiger partial charge in [-0.05, 0) is 85.9 Å². The van der Waals surface area contributed by atoms with Crippen LogP contribution in [0.1, 0.15) is 61.8 Å². The summed E-state index contributed by atoms with van der Waals surface area (Å²) in [6.07, 6.45) is 12.8. The lowest BCUT2D eigenvalue weighted by Gasteiger charge is -2.37. The number of rotatable bonds is 5. The van der Waals surface area contributed by atoms with Crippen molar-refractivity contribution in [1.29, 1.82) is 5.41 Å². The van der Waals surface area contributed by atoms with E-state index in [9.17, 15) is 0 Å². The van der Waals surface area contributed by atoms with Gasteiger partial charge in [-0.15, -0.1) is 0 Å². The molecule has 30 heavy (non-hydrogen) atoms. The fourth-order valence-electron chi connectivity index (χ4n) is 4.09. The summed E-state index contributed by atoms with van der Waals surface area (Å²) >= 11 is 0. The second-order valence-corrected chi connectivity index (χ2v) is 8.18. The molecule has 1 fully saturated rings. The molecule has 1 saturated carbocycles. The lowest BCUT2D eigenvalue weighted by Crippen LogP contribution is -2.38. The third-order valence-corrected chi connectivity index (χ3v) is 6.00. The first-order valence-corrected chi connectivity index (χ1v) is 11.0. The van der Waals surface area contributed by atoms with Gasteiger partial charge in [-0.3, -0.25) is 0 Å². The second kappa shape index (κ2) is 10.2. The molecular formula is C28H34N2. The first kappa shape index (κ1) is 21.8. The molecule has 156 valence electrons. The Balaban J connectivity index is 0.000000461. The number of fused-ring (bicyclic) bond motifs is 1. The van der Waals surface area contributed by atoms with Crippen LogP contribution in [0.5, 0.6) is 0 Å². The monoisotopic (exact) mass is 398 g/mol. The second-order valence-electron chi connectivity index (χ2n) is 8.18. The van der Waals surface area contributed by atoms with Crippen molar-refractivity contribution in [1.82, 2.24) is 0 Å². The normalized spacial score (nSPS) is 18.4. The van der Waals surface area contributed by atoms with Crippen molar-refractivity contribution in [2.75, 3.05) is 4.90 Å². The zero-order valence-electron chi connectivity index (χ0n) is 18.6. The molecule has 1 aliphatic heterocycles. The molecule has 1 atom stereocenters. The maximum Gasteiger partial charge on any atom is 0.0435 e. The highest BCUT2D eigenvalue weighted by atomic mass is 15.2. The van der Waals surface area contributed by atoms with Crippen molar-refractivity contribution in [2.45, 2.75) is 58.5 Å². The van der Waals surface area contributed by atoms with Crippen LogP contribution in [0.2, 0.25) is 0 Å². The molecule has 0 bridgehead atoms. The standard InChI is InChI=1S/C23H26N2.C5H8/c1-3-17(14-24)20-6-7-21-15-25(16(2)12-22(21)13-20)23-10-8-19(9-11-23)18-4-5-18;1-3-5-4-2/h3,6-11,13-14,16,18,24H,4-5,12,15H2,1-2H3;3-5H,1H2,2H3/b17-3+,24-14?;5-4-. The zero-order valence-corrected chi connectivity index (χ0v) is 18.6. The van der Waals surface area contributed by atoms with Crippen LogP contribution in [0.4, 0.5) is 5.69 Å². The van der Waals surface area contributed by atoms with Gasteiger partial charge in [0.25, 0.3) is 0 Å². The zero-order chi connectivity index (χ0) is 21.5. The van der Waals surface area contributed by atoms with Gasteiger partial charge in [0.2, 0.25) is 0 Å². The number of allylic oxidation sites excluding steroid dienone is 5. The molecule has 2 nitrogen and oxygen atoms in total. The van der Waals surface area contributed by atoms with Gasteiger partial charge in [-0.1, -0.05) is 61.2 Å². The van der Waals surface area contributed by atoms with Crippen molar-refractivity contribution in [3.63, 3.8) is 0 Å². The van der Waals surface area contributed by atoms with Gasteiger partial charge >= 0.3 is 0 Å². The molecule has 1 N–H and O–H groups in total. The number of nitrogens with one attached hydrogen (secondary N) is 1. The topological polar surface area (TPSA) is 27.1 Å². The van der Waals surface area contributed by atoms with Gasteiger partial charge in [0.05, 0.1) is 0 Å². The molecule has 0 aromatic heterocycles. The van der Waals surface area contributed by atoms with Crippen LogP contribution in [0, 0.1) is 5.41 Å². The predicted molar refractivity (Wildman–Crippen MR) is 132 cm³/mol. The number of nitrogens with zero attached hydrogens (tertiary/aromatic N) is 1. The molecule has 0 spiro atoms. The van der Waals surface area contributed by atoms with E-state index in [1.165, 1.54) is 41.4 Å². The molecule has 1 aliphatic carbocycles. The highest BCUT2D eigenvalue weighted by molar-refractivity contribution is 6.08. The minimum atomic E-state index is 0.489. The fraction of sp³-hybridized carbons (Fsp3) is 0.321. The van der Waals surface area contributed by atoms with Crippen molar-refractivity contribution < 1.29 is 0 Å². The number of anilines is 1. The number of hydrogen-bond donors (Lipinski definition) is 1. The Morgan fingerprint density at radius 1 is 1.07 bits per heavy atom. The Morgan fingerprint density at radius 2 is 1.80 bits per heavy atom. The van der Waals surface area contributed by atoms with E-state index in [1.807, 2.05) is 32.1 Å². The first-order valence-electron chi connectivity index (χ1n) is 11.0. The van der Waals surface area contributed by atoms with Crippen molar-refractivity contribution in [3.05, 3.63) is 95.6 Å². The van der Waals surface area contributed by atoms with Gasteiger partial charge in [0.1, 0.15) is 0 Å². The van der Waals surface area contributed by atoms with E-state index in [4.69, 9.17) is 5.41 Å². The number of benzene rings is 2. The molecule has 2 aliphatic rings. The maximum atomic E-state index is 7.57. The van der Waals surface area contributed by atoms with Crippen LogP contribution in [0.3, 0.4) is 0 Å². The highest BCUT2D eigenvalue weighted by Crippen LogP contribution is 2.41. The average Bonchev–Trinajstić information content (AvgIpc) is 3.61. The van der Waals surface area contributed by atoms with Crippen LogP contribution in [-0.4, -0.2) is 12.3 Å². The van der Waals surface area contributed by atoms with E-state index in [1.54, 1.807) is 6.08 Å². The molecule has 0 saturated heterocycles. The summed E-state index contributed by atoms with van der Waals surface area (Å²) < 4.78 is 0. The molecular weight excluding hydrogens is 364 g/mol. The summed E-state index contributed by atoms with van der Waals surface area (Å²) in [7, 11) is 0. The largest absolute Gasteiger partial charge is 0.364 e. The van der Waals surface area contributed by atoms with E-state index in [0.29, 0.717) is 6.04 Å². The predicted octanol–water partition coefficient (Wildman–Crippen LogP) is 7.32. The average molecular weight is 399 g/mol. The fourth-order valence-corrected chi connectivity index (χ4v) is 4.09. The smallest absolute Gasteiger partial charge is 0.0435 e. The van der Waals surface area contributed by atoms with Crippen LogP contribution >= 0.6 is 0 Å². The SMILES string of the molecule is C/C=C(\C=N)c1ccc2c(c1)CC(C)N(c1ccc(C3CC3)cc1)C2.C=C/C=C\C. The molecule has 1 unspecified atom stereocenters. The van der Waals surface area contributed by atoms with Crippen LogP contribution in [-0.2, 0) is 13.0 Å². The van der Waals surface area contributed by atoms with Gasteiger partial charge in [0, 0.05) is 24.5 Å². The van der Waals surface area contributed by atoms with E-state index in [-0.39, 0.29) is 0 Å². The minimum Gasteiger partial charge on any atom is -0.364 e. The number of hydrogen-bond acceptors (Lipinski definition) is 2. The lowest BCUT2D eigenvalue weighted by atomic mass is 9.91. The molecule has 2 aromatic rings. The first-order chi connectivity index (χ1) is 14.6. The Labute approximate surface area is 182 Å². The molecule has 1 heterocycles. The van der Waals surface area contributed by atoms with Crippen LogP contribution in [0.25, 0.3) is 5.57 Å². The Kier molecular flexibility index (Phi) is 7.46. The van der Waals surface area contributed by atoms with Crippen molar-refractivity contribution in [2.24, 2.45) is 0 Å². The van der Waals surface area contributed by atoms with Crippen LogP contribution in [0.15, 0.2) is 73.3 Å². The van der Waals surface area contributed by atoms with Gasteiger partial charge in [-0.2, -0.15) is 0 Å². The van der Waals surface area contributed by atoms with Gasteiger partial charge < -0.3 is 10.3 Å². The van der Waals surface area contributed by atoms with E-state index in [2.05, 4.69) is 60.9 Å². The minimum absolute atomic E-state index is 0.489. The van der Waals surface area contributed by atoms with Crippen molar-refractivity contribution >= 4 is 17.5 Å². The lowest BCUT2D eigenvalue weighted by molar-refractivity contribution is 0.593. The summed E-state index contributed by atoms with van der Waals surface area (Å²) in [5, 5.41) is 7.57. The summed E-state index contributed by atoms with van der Waals surface area (Å²) in [6, 6.07) is 16.4. The third-order valence-electron chi connectivity index (χ3n) is 6.00. The van der Waals surface area contributed by atoms with E-state index < -0.39 is 0 Å². The molecule has 2 heteroatoms. The van der Waals surface area contributed by atoms with Crippen molar-refractivity contribution in [3.8, 4) is 0 Å². The summed E-state index contributed by atoms with van der Waals surface area (Å²) in [5.74, 6) is 0.821. The quantitative estimate of drug-likeness (QED) is 0.415. The van der Waals surface area contributed by atoms with Gasteiger partial charge in [-0.25, -0.2) is 0 Å². The van der Waals surface area contributed by atoms with E-state index >= 15 is 0 Å². The maximum absolute atomic E-state index is 7.57. The summed E-state index contributed by atoms with van der Waals surface area (Å²) in [4.78, 5) is 2.52. The molecule has 2 aromatic carbocycles. The third kappa shape index (κ3) is 5.18. The summed E-state index contributed by atoms with van der Waals surface area (Å²) in [5.41, 5.74) is 7.83. The van der Waals surface area contributed by atoms with E-state index in [0.717, 1.165) is 30.0 Å².